The number of nitrogens with one attached hydrogen (secondary N) is 2. The summed E-state index contributed by atoms with van der Waals surface area (Å²) in [7, 11) is 1.99. The van der Waals surface area contributed by atoms with Crippen LogP contribution in [0.25, 0.3) is 11.2 Å². The van der Waals surface area contributed by atoms with Crippen LogP contribution >= 0.6 is 11.6 Å². The first-order chi connectivity index (χ1) is 22.9. The first-order valence-electron chi connectivity index (χ1n) is 15.9. The highest BCUT2D eigenvalue weighted by molar-refractivity contribution is 6.28. The lowest BCUT2D eigenvalue weighted by Gasteiger charge is -2.33. The van der Waals surface area contributed by atoms with E-state index in [0.29, 0.717) is 48.3 Å². The van der Waals surface area contributed by atoms with E-state index in [9.17, 15) is 22.8 Å². The Balaban J connectivity index is 1.00. The summed E-state index contributed by atoms with van der Waals surface area (Å²) in [5, 5.41) is 5.62. The van der Waals surface area contributed by atoms with Gasteiger partial charge in [0.2, 0.25) is 17.1 Å². The van der Waals surface area contributed by atoms with Gasteiger partial charge in [0.15, 0.2) is 11.5 Å². The summed E-state index contributed by atoms with van der Waals surface area (Å²) in [4.78, 5) is 42.5. The Hall–Kier alpha value is -4.27. The Morgan fingerprint density at radius 1 is 0.958 bits per heavy atom. The quantitative estimate of drug-likeness (QED) is 0.211. The van der Waals surface area contributed by atoms with E-state index in [-0.39, 0.29) is 53.2 Å². The average Bonchev–Trinajstić information content (AvgIpc) is 3.47. The van der Waals surface area contributed by atoms with Gasteiger partial charge in [0.25, 0.3) is 0 Å². The highest BCUT2D eigenvalue weighted by Gasteiger charge is 2.34. The Kier molecular flexibility index (Phi) is 9.85. The van der Waals surface area contributed by atoms with Gasteiger partial charge in [-0.3, -0.25) is 14.5 Å². The van der Waals surface area contributed by atoms with E-state index in [4.69, 9.17) is 17.3 Å². The summed E-state index contributed by atoms with van der Waals surface area (Å²) in [5.74, 6) is -0.463. The number of alkyl halides is 3. The minimum atomic E-state index is -4.55. The number of rotatable bonds is 8. The molecule has 2 aliphatic rings. The van der Waals surface area contributed by atoms with Crippen molar-refractivity contribution in [2.24, 2.45) is 5.92 Å². The Labute approximate surface area is 280 Å². The van der Waals surface area contributed by atoms with E-state index in [2.05, 4.69) is 30.5 Å². The fraction of sp³-hybridized carbons (Fsp3) is 0.424. The van der Waals surface area contributed by atoms with Gasteiger partial charge in [-0.25, -0.2) is 4.98 Å². The van der Waals surface area contributed by atoms with Gasteiger partial charge >= 0.3 is 6.18 Å². The molecule has 1 saturated carbocycles. The monoisotopic (exact) mass is 683 g/mol. The summed E-state index contributed by atoms with van der Waals surface area (Å²) >= 11 is 6.00. The van der Waals surface area contributed by atoms with Crippen LogP contribution in [0, 0.1) is 5.92 Å². The summed E-state index contributed by atoms with van der Waals surface area (Å²) in [6, 6.07) is 10.9. The number of carbonyl (C=O) groups is 2. The maximum Gasteiger partial charge on any atom is 0.416 e. The van der Waals surface area contributed by atoms with Gasteiger partial charge < -0.3 is 25.8 Å². The van der Waals surface area contributed by atoms with Crippen molar-refractivity contribution in [1.29, 1.82) is 0 Å². The van der Waals surface area contributed by atoms with E-state index < -0.39 is 17.6 Å². The fourth-order valence-electron chi connectivity index (χ4n) is 6.44. The zero-order valence-corrected chi connectivity index (χ0v) is 27.2. The third kappa shape index (κ3) is 7.88. The van der Waals surface area contributed by atoms with Crippen molar-refractivity contribution in [1.82, 2.24) is 29.3 Å². The maximum absolute atomic E-state index is 13.9. The van der Waals surface area contributed by atoms with Crippen molar-refractivity contribution in [3.8, 4) is 0 Å². The van der Waals surface area contributed by atoms with Crippen LogP contribution in [0.15, 0.2) is 48.8 Å². The summed E-state index contributed by atoms with van der Waals surface area (Å²) in [6.45, 7) is 3.21. The molecule has 2 amide bonds. The minimum Gasteiger partial charge on any atom is -0.382 e. The lowest BCUT2D eigenvalue weighted by atomic mass is 9.85. The van der Waals surface area contributed by atoms with Crippen molar-refractivity contribution >= 4 is 51.8 Å². The van der Waals surface area contributed by atoms with Crippen LogP contribution in [-0.4, -0.2) is 74.4 Å². The molecule has 4 aromatic rings. The van der Waals surface area contributed by atoms with Gasteiger partial charge in [0.05, 0.1) is 18.3 Å². The number of carbonyl (C=O) groups excluding carboxylic acids is 2. The number of anilines is 3. The van der Waals surface area contributed by atoms with Gasteiger partial charge in [-0.05, 0) is 79.7 Å². The molecule has 0 atom stereocenters. The van der Waals surface area contributed by atoms with Gasteiger partial charge in [0.1, 0.15) is 5.52 Å². The zero-order valence-electron chi connectivity index (χ0n) is 26.4. The molecule has 1 aliphatic carbocycles. The predicted molar refractivity (Wildman–Crippen MR) is 177 cm³/mol. The molecule has 3 heterocycles. The number of likely N-dealkylation sites (N-methyl/N-ethyl adjacent to an activating group) is 1. The molecule has 0 unspecified atom stereocenters. The Morgan fingerprint density at radius 2 is 1.65 bits per heavy atom. The number of piperazine rings is 1. The number of halogens is 4. The van der Waals surface area contributed by atoms with Crippen molar-refractivity contribution < 1.29 is 22.8 Å². The number of imidazole rings is 1. The molecular weight excluding hydrogens is 647 g/mol. The van der Waals surface area contributed by atoms with Crippen LogP contribution in [0.5, 0.6) is 0 Å². The highest BCUT2D eigenvalue weighted by Crippen LogP contribution is 2.36. The molecule has 4 N–H and O–H groups in total. The minimum absolute atomic E-state index is 0.0344. The molecule has 11 nitrogen and oxygen atoms in total. The molecule has 2 fully saturated rings. The lowest BCUT2D eigenvalue weighted by molar-refractivity contribution is -0.138. The second-order valence-corrected chi connectivity index (χ2v) is 12.9. The number of hydrogen-bond acceptors (Lipinski definition) is 8. The maximum atomic E-state index is 13.9. The molecule has 254 valence electrons. The van der Waals surface area contributed by atoms with Crippen LogP contribution in [0.3, 0.4) is 0 Å². The molecule has 0 spiro atoms. The van der Waals surface area contributed by atoms with Gasteiger partial charge in [-0.2, -0.15) is 23.1 Å². The number of benzene rings is 2. The number of nitrogens with two attached hydrogens (primary N) is 1. The SMILES string of the molecule is CN1CCN(Cc2ccc(NC(=O)Cc3ccc(NC(=O)[C@H]4CC[C@@H](n5cnc6c(N)nc(Cl)nc65)CC4)cc3)cc2C(F)(F)F)CC1. The molecule has 0 radical (unpaired) electrons. The zero-order chi connectivity index (χ0) is 34.0. The van der Waals surface area contributed by atoms with Crippen molar-refractivity contribution in [2.45, 2.75) is 50.9 Å². The van der Waals surface area contributed by atoms with Crippen molar-refractivity contribution in [2.75, 3.05) is 49.6 Å². The number of nitrogen functional groups attached to an aromatic ring is 1. The van der Waals surface area contributed by atoms with Crippen LogP contribution < -0.4 is 16.4 Å². The fourth-order valence-corrected chi connectivity index (χ4v) is 6.61. The largest absolute Gasteiger partial charge is 0.416 e. The average molecular weight is 684 g/mol. The number of amides is 2. The number of fused-ring (bicyclic) bond motifs is 1. The standard InChI is InChI=1S/C33H37ClF3N9O2/c1-44-12-14-45(15-13-44)18-22-4-9-24(17-26(22)33(35,36)37)40-27(47)16-20-2-7-23(8-3-20)41-31(48)21-5-10-25(11-6-21)46-19-39-28-29(38)42-32(34)43-30(28)46/h2-4,7-9,17,19,21,25H,5-6,10-16,18H2,1H3,(H,40,47)(H,41,48)(H2,38,42,43)/t21-,25+. The van der Waals surface area contributed by atoms with Crippen LogP contribution in [0.2, 0.25) is 5.28 Å². The molecular formula is C33H37ClF3N9O2. The molecule has 1 saturated heterocycles. The van der Waals surface area contributed by atoms with Crippen LogP contribution in [0.4, 0.5) is 30.4 Å². The van der Waals surface area contributed by atoms with E-state index in [1.54, 1.807) is 30.6 Å². The highest BCUT2D eigenvalue weighted by atomic mass is 35.5. The lowest BCUT2D eigenvalue weighted by Crippen LogP contribution is -2.44. The van der Waals surface area contributed by atoms with Crippen molar-refractivity contribution in [3.63, 3.8) is 0 Å². The van der Waals surface area contributed by atoms with Crippen LogP contribution in [-0.2, 0) is 28.7 Å². The summed E-state index contributed by atoms with van der Waals surface area (Å²) in [6.07, 6.45) is -0.0368. The first kappa shape index (κ1) is 33.6. The molecule has 1 aliphatic heterocycles. The molecule has 2 aromatic heterocycles. The van der Waals surface area contributed by atoms with Crippen molar-refractivity contribution in [3.05, 3.63) is 70.8 Å². The van der Waals surface area contributed by atoms with Gasteiger partial charge in [0, 0.05) is 56.1 Å². The Morgan fingerprint density at radius 3 is 2.33 bits per heavy atom. The predicted octanol–water partition coefficient (Wildman–Crippen LogP) is 5.38. The summed E-state index contributed by atoms with van der Waals surface area (Å²) < 4.78 is 43.8. The van der Waals surface area contributed by atoms with E-state index in [1.165, 1.54) is 12.1 Å². The normalized spacial score (nSPS) is 19.4. The first-order valence-corrected chi connectivity index (χ1v) is 16.3. The Bertz CT molecular complexity index is 1780. The third-order valence-electron chi connectivity index (χ3n) is 9.16. The second-order valence-electron chi connectivity index (χ2n) is 12.6. The molecule has 6 rings (SSSR count). The number of hydrogen-bond donors (Lipinski definition) is 3. The topological polar surface area (TPSA) is 134 Å². The van der Waals surface area contributed by atoms with Crippen LogP contribution in [0.1, 0.15) is 48.4 Å². The second kappa shape index (κ2) is 14.1. The molecule has 48 heavy (non-hydrogen) atoms. The van der Waals surface area contributed by atoms with E-state index in [0.717, 1.165) is 32.0 Å². The van der Waals surface area contributed by atoms with E-state index in [1.807, 2.05) is 16.5 Å². The smallest absolute Gasteiger partial charge is 0.382 e. The summed E-state index contributed by atoms with van der Waals surface area (Å²) in [5.41, 5.74) is 7.80. The number of aromatic nitrogens is 4. The third-order valence-corrected chi connectivity index (χ3v) is 9.33. The molecule has 2 aromatic carbocycles. The van der Waals surface area contributed by atoms with E-state index >= 15 is 0 Å². The van der Waals surface area contributed by atoms with Gasteiger partial charge in [-0.15, -0.1) is 0 Å². The molecule has 0 bridgehead atoms. The molecule has 15 heteroatoms. The van der Waals surface area contributed by atoms with Gasteiger partial charge in [-0.1, -0.05) is 18.2 Å². The number of nitrogens with zero attached hydrogens (tertiary/aromatic N) is 6.